The highest BCUT2D eigenvalue weighted by molar-refractivity contribution is 7.86. The highest BCUT2D eigenvalue weighted by Crippen LogP contribution is 2.63. The van der Waals surface area contributed by atoms with Crippen LogP contribution in [0.15, 0.2) is 41.8 Å². The number of benzene rings is 1. The Morgan fingerprint density at radius 1 is 1.24 bits per heavy atom. The molecule has 0 aromatic heterocycles. The Bertz CT molecular complexity index is 1160. The van der Waals surface area contributed by atoms with Crippen molar-refractivity contribution in [2.24, 2.45) is 34.0 Å². The third-order valence-corrected chi connectivity index (χ3v) is 11.4. The summed E-state index contributed by atoms with van der Waals surface area (Å²) < 4.78 is 36.5. The minimum atomic E-state index is -4.16. The maximum Gasteiger partial charge on any atom is 0.333 e. The number of hydrogen-bond acceptors (Lipinski definition) is 7. The van der Waals surface area contributed by atoms with Gasteiger partial charge in [0.2, 0.25) is 0 Å². The monoisotopic (exact) mass is 548 g/mol. The van der Waals surface area contributed by atoms with E-state index >= 15 is 0 Å². The number of carbonyl (C=O) groups is 2. The van der Waals surface area contributed by atoms with Crippen LogP contribution in [0.2, 0.25) is 0 Å². The Hall–Kier alpha value is -2.03. The molecule has 8 heteroatoms. The number of ketones is 1. The first-order valence-electron chi connectivity index (χ1n) is 13.6. The average molecular weight is 549 g/mol. The first-order chi connectivity index (χ1) is 17.6. The zero-order valence-electron chi connectivity index (χ0n) is 23.8. The smallest absolute Gasteiger partial charge is 0.333 e. The van der Waals surface area contributed by atoms with Crippen LogP contribution in [0.5, 0.6) is 0 Å². The number of carbonyl (C=O) groups excluding carboxylic acids is 2. The van der Waals surface area contributed by atoms with Gasteiger partial charge in [0.05, 0.1) is 11.0 Å². The van der Waals surface area contributed by atoms with Gasteiger partial charge in [0.25, 0.3) is 10.1 Å². The fourth-order valence-electron chi connectivity index (χ4n) is 6.96. The lowest BCUT2D eigenvalue weighted by atomic mass is 9.48. The highest BCUT2D eigenvalue weighted by atomic mass is 32.2. The predicted molar refractivity (Wildman–Crippen MR) is 146 cm³/mol. The molecule has 3 rings (SSSR count). The average Bonchev–Trinajstić information content (AvgIpc) is 3.20. The molecule has 0 aliphatic heterocycles. The van der Waals surface area contributed by atoms with Crippen LogP contribution in [-0.4, -0.2) is 44.1 Å². The fraction of sp³-hybridized carbons (Fsp3) is 0.667. The van der Waals surface area contributed by atoms with Crippen molar-refractivity contribution in [2.75, 3.05) is 6.61 Å². The van der Waals surface area contributed by atoms with Gasteiger partial charge in [-0.3, -0.25) is 8.98 Å². The molecule has 212 valence electrons. The Labute approximate surface area is 228 Å². The van der Waals surface area contributed by atoms with Crippen LogP contribution in [0.4, 0.5) is 0 Å². The number of hydrogen-bond donors (Lipinski definition) is 1. The molecule has 0 saturated heterocycles. The predicted octanol–water partition coefficient (Wildman–Crippen LogP) is 5.24. The number of aryl methyl sites for hydroxylation is 1. The quantitative estimate of drug-likeness (QED) is 0.269. The molecule has 2 aliphatic rings. The topological polar surface area (TPSA) is 107 Å². The van der Waals surface area contributed by atoms with Gasteiger partial charge in [-0.1, -0.05) is 71.7 Å². The number of Topliss-reactive ketones (excluding diaryl/α,β-unsaturated/α-hetero) is 1. The van der Waals surface area contributed by atoms with Gasteiger partial charge in [-0.2, -0.15) is 8.42 Å². The molecule has 0 heterocycles. The van der Waals surface area contributed by atoms with Crippen LogP contribution < -0.4 is 0 Å². The first kappa shape index (κ1) is 30.5. The molecule has 0 amide bonds. The Kier molecular flexibility index (Phi) is 8.72. The molecule has 8 atom stereocenters. The van der Waals surface area contributed by atoms with Gasteiger partial charge in [0, 0.05) is 23.2 Å². The number of fused-ring (bicyclic) bond motifs is 1. The number of aliphatic hydroxyl groups excluding tert-OH is 1. The van der Waals surface area contributed by atoms with Gasteiger partial charge in [-0.25, -0.2) is 4.79 Å². The Morgan fingerprint density at radius 2 is 1.84 bits per heavy atom. The molecule has 1 aromatic rings. The molecule has 0 bridgehead atoms. The summed E-state index contributed by atoms with van der Waals surface area (Å²) >= 11 is 0. The van der Waals surface area contributed by atoms with E-state index in [0.717, 1.165) is 12.0 Å². The summed E-state index contributed by atoms with van der Waals surface area (Å²) in [5.41, 5.74) is -1.16. The molecular formula is C30H44O7S. The van der Waals surface area contributed by atoms with Gasteiger partial charge in [0.15, 0.2) is 6.61 Å². The Morgan fingerprint density at radius 3 is 2.39 bits per heavy atom. The molecule has 2 fully saturated rings. The zero-order valence-corrected chi connectivity index (χ0v) is 24.6. The second-order valence-corrected chi connectivity index (χ2v) is 13.9. The minimum Gasteiger partial charge on any atom is -0.460 e. The summed E-state index contributed by atoms with van der Waals surface area (Å²) in [6, 6.07) is 6.15. The number of esters is 1. The van der Waals surface area contributed by atoms with Crippen LogP contribution in [-0.2, 0) is 28.6 Å². The summed E-state index contributed by atoms with van der Waals surface area (Å²) in [5, 5.41) is 11.5. The fourth-order valence-corrected chi connectivity index (χ4v) is 7.82. The van der Waals surface area contributed by atoms with Gasteiger partial charge in [-0.05, 0) is 49.1 Å². The molecule has 1 aromatic carbocycles. The van der Waals surface area contributed by atoms with Crippen LogP contribution in [0.3, 0.4) is 0 Å². The van der Waals surface area contributed by atoms with Crippen molar-refractivity contribution in [2.45, 2.75) is 91.3 Å². The molecule has 0 radical (unpaired) electrons. The third kappa shape index (κ3) is 5.24. The highest BCUT2D eigenvalue weighted by Gasteiger charge is 2.64. The van der Waals surface area contributed by atoms with Crippen LogP contribution in [0.1, 0.15) is 72.8 Å². The summed E-state index contributed by atoms with van der Waals surface area (Å²) in [5.74, 6) is -1.33. The minimum absolute atomic E-state index is 0.000363. The SMILES string of the molecule is C=C[C@]1(C)C[C@@H](OC(=O)COS(=O)(=O)c2ccc(C)cc2)[C@](C)(C(C)CC)[C@@H]2C(=O)CC[C@@]2(C)[C@@H](C)[C@@H]1O. The second kappa shape index (κ2) is 10.9. The van der Waals surface area contributed by atoms with E-state index in [2.05, 4.69) is 20.4 Å². The van der Waals surface area contributed by atoms with Crippen molar-refractivity contribution in [3.8, 4) is 0 Å². The maximum atomic E-state index is 13.5. The number of aliphatic hydroxyl groups is 1. The van der Waals surface area contributed by atoms with Gasteiger partial charge in [0.1, 0.15) is 11.9 Å². The van der Waals surface area contributed by atoms with E-state index in [1.165, 1.54) is 12.1 Å². The van der Waals surface area contributed by atoms with Crippen molar-refractivity contribution in [3.05, 3.63) is 42.5 Å². The largest absolute Gasteiger partial charge is 0.460 e. The molecule has 7 nitrogen and oxygen atoms in total. The van der Waals surface area contributed by atoms with Crippen LogP contribution in [0, 0.1) is 40.9 Å². The van der Waals surface area contributed by atoms with Gasteiger partial charge < -0.3 is 9.84 Å². The van der Waals surface area contributed by atoms with E-state index in [9.17, 15) is 23.1 Å². The Balaban J connectivity index is 1.99. The lowest BCUT2D eigenvalue weighted by molar-refractivity contribution is -0.192. The van der Waals surface area contributed by atoms with Crippen molar-refractivity contribution in [1.29, 1.82) is 0 Å². The van der Waals surface area contributed by atoms with E-state index in [4.69, 9.17) is 8.92 Å². The standard InChI is InChI=1S/C30H44O7S/c1-9-20(4)30(8)24(37-25(32)18-36-38(34,35)22-13-11-19(3)12-14-22)17-28(6,10-2)27(33)21(5)29(7)16-15-23(31)26(29)30/h10-14,20-21,24,26-27,33H,2,9,15-18H2,1,3-8H3/t20?,21-,24+,26+,27-,28+,29-,30-/m0/s1. The van der Waals surface area contributed by atoms with Crippen molar-refractivity contribution >= 4 is 21.9 Å². The molecule has 0 spiro atoms. The lowest BCUT2D eigenvalue weighted by Crippen LogP contribution is -2.60. The lowest BCUT2D eigenvalue weighted by Gasteiger charge is -2.57. The van der Waals surface area contributed by atoms with E-state index in [1.807, 2.05) is 34.6 Å². The number of rotatable bonds is 8. The van der Waals surface area contributed by atoms with Crippen LogP contribution in [0.25, 0.3) is 0 Å². The van der Waals surface area contributed by atoms with Crippen LogP contribution >= 0.6 is 0 Å². The first-order valence-corrected chi connectivity index (χ1v) is 15.0. The summed E-state index contributed by atoms with van der Waals surface area (Å²) in [6.07, 6.45) is 2.20. The van der Waals surface area contributed by atoms with Gasteiger partial charge in [-0.15, -0.1) is 6.58 Å². The number of ether oxygens (including phenoxy) is 1. The third-order valence-electron chi connectivity index (χ3n) is 10.1. The van der Waals surface area contributed by atoms with E-state index in [1.54, 1.807) is 18.2 Å². The molecule has 1 unspecified atom stereocenters. The summed E-state index contributed by atoms with van der Waals surface area (Å²) in [7, 11) is -4.16. The summed E-state index contributed by atoms with van der Waals surface area (Å²) in [4.78, 5) is 26.6. The molecule has 38 heavy (non-hydrogen) atoms. The molecule has 1 N–H and O–H groups in total. The van der Waals surface area contributed by atoms with Crippen molar-refractivity contribution in [3.63, 3.8) is 0 Å². The van der Waals surface area contributed by atoms with Gasteiger partial charge >= 0.3 is 5.97 Å². The molecule has 2 aliphatic carbocycles. The maximum absolute atomic E-state index is 13.5. The molecular weight excluding hydrogens is 504 g/mol. The zero-order chi connectivity index (χ0) is 28.7. The summed E-state index contributed by atoms with van der Waals surface area (Å²) in [6.45, 7) is 17.2. The molecule has 2 saturated carbocycles. The second-order valence-electron chi connectivity index (χ2n) is 12.2. The normalized spacial score (nSPS) is 36.6. The van der Waals surface area contributed by atoms with E-state index in [0.29, 0.717) is 12.8 Å². The van der Waals surface area contributed by atoms with E-state index in [-0.39, 0.29) is 28.9 Å². The van der Waals surface area contributed by atoms with Crippen molar-refractivity contribution in [1.82, 2.24) is 0 Å². The van der Waals surface area contributed by atoms with E-state index < -0.39 is 57.1 Å². The van der Waals surface area contributed by atoms with Crippen molar-refractivity contribution < 1.29 is 32.0 Å².